The maximum absolute atomic E-state index is 11.7. The summed E-state index contributed by atoms with van der Waals surface area (Å²) in [5.41, 5.74) is 6.03. The van der Waals surface area contributed by atoms with Gasteiger partial charge in [0.25, 0.3) is 0 Å². The van der Waals surface area contributed by atoms with Gasteiger partial charge >= 0.3 is 5.97 Å². The molecular weight excluding hydrogens is 276 g/mol. The number of phenols is 2. The Morgan fingerprint density at radius 1 is 1.29 bits per heavy atom. The molecule has 0 fully saturated rings. The van der Waals surface area contributed by atoms with Gasteiger partial charge in [-0.1, -0.05) is 6.07 Å². The number of nitrogens with one attached hydrogen (secondary N) is 1. The highest BCUT2D eigenvalue weighted by molar-refractivity contribution is 5.83. The Kier molecular flexibility index (Phi) is 5.98. The summed E-state index contributed by atoms with van der Waals surface area (Å²) in [4.78, 5) is 22.8. The number of aromatic hydroxyl groups is 2. The summed E-state index contributed by atoms with van der Waals surface area (Å²) in [6.07, 6.45) is 0.632. The van der Waals surface area contributed by atoms with E-state index in [1.807, 2.05) is 0 Å². The van der Waals surface area contributed by atoms with Crippen LogP contribution in [0.4, 0.5) is 0 Å². The second kappa shape index (κ2) is 7.49. The van der Waals surface area contributed by atoms with Crippen LogP contribution in [-0.4, -0.2) is 39.3 Å². The van der Waals surface area contributed by atoms with Crippen molar-refractivity contribution >= 4 is 11.9 Å². The van der Waals surface area contributed by atoms with Crippen molar-refractivity contribution in [3.8, 4) is 11.5 Å². The Morgan fingerprint density at radius 3 is 2.48 bits per heavy atom. The predicted octanol–water partition coefficient (Wildman–Crippen LogP) is 0.337. The molecule has 116 valence electrons. The molecule has 0 spiro atoms. The highest BCUT2D eigenvalue weighted by atomic mass is 16.4. The number of benzene rings is 1. The molecule has 0 bridgehead atoms. The first kappa shape index (κ1) is 16.8. The summed E-state index contributed by atoms with van der Waals surface area (Å²) in [6, 6.07) is 2.78. The molecule has 1 aromatic carbocycles. The van der Waals surface area contributed by atoms with E-state index in [2.05, 4.69) is 5.32 Å². The summed E-state index contributed by atoms with van der Waals surface area (Å²) in [7, 11) is 0. The molecule has 7 heteroatoms. The molecule has 0 aliphatic rings. The summed E-state index contributed by atoms with van der Waals surface area (Å²) in [5, 5.41) is 30.1. The summed E-state index contributed by atoms with van der Waals surface area (Å²) < 4.78 is 0. The number of carbonyl (C=O) groups is 2. The first-order valence-electron chi connectivity index (χ1n) is 6.58. The van der Waals surface area contributed by atoms with Gasteiger partial charge in [0.05, 0.1) is 0 Å². The van der Waals surface area contributed by atoms with Crippen molar-refractivity contribution in [1.82, 2.24) is 5.32 Å². The second-order valence-corrected chi connectivity index (χ2v) is 5.00. The van der Waals surface area contributed by atoms with Crippen molar-refractivity contribution < 1.29 is 24.9 Å². The smallest absolute Gasteiger partial charge is 0.326 e. The number of hydrogen-bond acceptors (Lipinski definition) is 5. The number of rotatable bonds is 7. The maximum atomic E-state index is 11.7. The molecule has 2 atom stereocenters. The number of amides is 1. The molecule has 0 saturated heterocycles. The predicted molar refractivity (Wildman–Crippen MR) is 75.9 cm³/mol. The van der Waals surface area contributed by atoms with Crippen LogP contribution in [0.25, 0.3) is 0 Å². The van der Waals surface area contributed by atoms with E-state index in [1.54, 1.807) is 6.92 Å². The van der Waals surface area contributed by atoms with Gasteiger partial charge in [0.1, 0.15) is 6.04 Å². The molecule has 0 aliphatic carbocycles. The number of carboxylic acids is 1. The van der Waals surface area contributed by atoms with Gasteiger partial charge in [0.2, 0.25) is 5.91 Å². The van der Waals surface area contributed by atoms with Crippen LogP contribution in [0.15, 0.2) is 18.2 Å². The van der Waals surface area contributed by atoms with E-state index in [0.29, 0.717) is 12.0 Å². The van der Waals surface area contributed by atoms with E-state index < -0.39 is 12.0 Å². The monoisotopic (exact) mass is 296 g/mol. The van der Waals surface area contributed by atoms with Gasteiger partial charge < -0.3 is 26.4 Å². The Balaban J connectivity index is 2.67. The second-order valence-electron chi connectivity index (χ2n) is 5.00. The van der Waals surface area contributed by atoms with Crippen LogP contribution < -0.4 is 11.1 Å². The average Bonchev–Trinajstić information content (AvgIpc) is 2.39. The quantitative estimate of drug-likeness (QED) is 0.461. The number of carboxylic acid groups (broad SMARTS) is 1. The lowest BCUT2D eigenvalue weighted by molar-refractivity contribution is -0.141. The van der Waals surface area contributed by atoms with E-state index in [0.717, 1.165) is 0 Å². The van der Waals surface area contributed by atoms with E-state index in [1.165, 1.54) is 18.2 Å². The number of hydrogen-bond donors (Lipinski definition) is 5. The van der Waals surface area contributed by atoms with Crippen LogP contribution in [0.5, 0.6) is 11.5 Å². The molecule has 0 saturated carbocycles. The first-order valence-corrected chi connectivity index (χ1v) is 6.58. The lowest BCUT2D eigenvalue weighted by Crippen LogP contribution is -2.42. The largest absolute Gasteiger partial charge is 0.504 e. The van der Waals surface area contributed by atoms with E-state index in [9.17, 15) is 19.8 Å². The number of carbonyl (C=O) groups excluding carboxylic acids is 1. The standard InChI is InChI=1S/C14H20N2O5/c1-8(15)2-5-13(19)16-10(14(20)21)6-9-3-4-11(17)12(18)7-9/h3-4,7-8,10,17-18H,2,5-6,15H2,1H3,(H,16,19)(H,20,21). The zero-order chi connectivity index (χ0) is 16.0. The molecule has 1 aromatic rings. The van der Waals surface area contributed by atoms with Gasteiger partial charge in [-0.3, -0.25) is 4.79 Å². The summed E-state index contributed by atoms with van der Waals surface area (Å²) in [6.45, 7) is 1.77. The molecule has 2 unspecified atom stereocenters. The molecule has 7 nitrogen and oxygen atoms in total. The molecule has 21 heavy (non-hydrogen) atoms. The molecule has 0 radical (unpaired) electrons. The molecule has 6 N–H and O–H groups in total. The average molecular weight is 296 g/mol. The van der Waals surface area contributed by atoms with Crippen LogP contribution in [-0.2, 0) is 16.0 Å². The normalized spacial score (nSPS) is 13.4. The molecular formula is C14H20N2O5. The van der Waals surface area contributed by atoms with Crippen molar-refractivity contribution in [2.24, 2.45) is 5.73 Å². The highest BCUT2D eigenvalue weighted by Crippen LogP contribution is 2.25. The molecule has 1 rings (SSSR count). The molecule has 0 heterocycles. The van der Waals surface area contributed by atoms with Crippen molar-refractivity contribution in [2.75, 3.05) is 0 Å². The van der Waals surface area contributed by atoms with Crippen molar-refractivity contribution in [3.63, 3.8) is 0 Å². The minimum Gasteiger partial charge on any atom is -0.504 e. The maximum Gasteiger partial charge on any atom is 0.326 e. The van der Waals surface area contributed by atoms with Gasteiger partial charge in [-0.2, -0.15) is 0 Å². The summed E-state index contributed by atoms with van der Waals surface area (Å²) in [5.74, 6) is -2.18. The van der Waals surface area contributed by atoms with Gasteiger partial charge in [-0.15, -0.1) is 0 Å². The Hall–Kier alpha value is -2.28. The fourth-order valence-electron chi connectivity index (χ4n) is 1.76. The van der Waals surface area contributed by atoms with Crippen molar-refractivity contribution in [3.05, 3.63) is 23.8 Å². The van der Waals surface area contributed by atoms with E-state index in [-0.39, 0.29) is 36.3 Å². The van der Waals surface area contributed by atoms with Gasteiger partial charge in [-0.25, -0.2) is 4.79 Å². The van der Waals surface area contributed by atoms with Crippen LogP contribution in [0.3, 0.4) is 0 Å². The number of aliphatic carboxylic acids is 1. The fraction of sp³-hybridized carbons (Fsp3) is 0.429. The van der Waals surface area contributed by atoms with E-state index >= 15 is 0 Å². The van der Waals surface area contributed by atoms with Gasteiger partial charge in [-0.05, 0) is 31.0 Å². The highest BCUT2D eigenvalue weighted by Gasteiger charge is 2.20. The Bertz CT molecular complexity index is 516. The summed E-state index contributed by atoms with van der Waals surface area (Å²) >= 11 is 0. The topological polar surface area (TPSA) is 133 Å². The van der Waals surface area contributed by atoms with Crippen LogP contribution in [0.1, 0.15) is 25.3 Å². The molecule has 0 aromatic heterocycles. The third-order valence-electron chi connectivity index (χ3n) is 2.94. The Morgan fingerprint density at radius 2 is 1.95 bits per heavy atom. The van der Waals surface area contributed by atoms with Crippen LogP contribution in [0.2, 0.25) is 0 Å². The number of nitrogens with two attached hydrogens (primary N) is 1. The zero-order valence-corrected chi connectivity index (χ0v) is 11.7. The van der Waals surface area contributed by atoms with Crippen molar-refractivity contribution in [2.45, 2.75) is 38.3 Å². The minimum atomic E-state index is -1.17. The minimum absolute atomic E-state index is 0.00704. The third kappa shape index (κ3) is 5.70. The van der Waals surface area contributed by atoms with Crippen LogP contribution >= 0.6 is 0 Å². The zero-order valence-electron chi connectivity index (χ0n) is 11.7. The van der Waals surface area contributed by atoms with Gasteiger partial charge in [0, 0.05) is 18.9 Å². The molecule has 0 aliphatic heterocycles. The number of phenolic OH excluding ortho intramolecular Hbond substituents is 2. The fourth-order valence-corrected chi connectivity index (χ4v) is 1.76. The lowest BCUT2D eigenvalue weighted by Gasteiger charge is -2.15. The lowest BCUT2D eigenvalue weighted by atomic mass is 10.0. The first-order chi connectivity index (χ1) is 9.79. The van der Waals surface area contributed by atoms with E-state index in [4.69, 9.17) is 10.8 Å². The third-order valence-corrected chi connectivity index (χ3v) is 2.94. The van der Waals surface area contributed by atoms with Crippen molar-refractivity contribution in [1.29, 1.82) is 0 Å². The Labute approximate surface area is 122 Å². The van der Waals surface area contributed by atoms with Crippen LogP contribution in [0, 0.1) is 0 Å². The molecule has 1 amide bonds. The SMILES string of the molecule is CC(N)CCC(=O)NC(Cc1ccc(O)c(O)c1)C(=O)O. The van der Waals surface area contributed by atoms with Gasteiger partial charge in [0.15, 0.2) is 11.5 Å².